The molecule has 5 heteroatoms. The van der Waals surface area contributed by atoms with Gasteiger partial charge < -0.3 is 9.84 Å². The number of carboxylic acids is 1. The van der Waals surface area contributed by atoms with Gasteiger partial charge in [0.05, 0.1) is 6.61 Å². The third-order valence-corrected chi connectivity index (χ3v) is 2.47. The summed E-state index contributed by atoms with van der Waals surface area (Å²) in [6.07, 6.45) is 0.0577. The smallest absolute Gasteiger partial charge is 0.322 e. The monoisotopic (exact) mass is 268 g/mol. The Kier molecular flexibility index (Phi) is 4.36. The summed E-state index contributed by atoms with van der Waals surface area (Å²) < 4.78 is 26.9. The molecule has 0 spiro atoms. The number of rotatable bonds is 7. The van der Waals surface area contributed by atoms with Crippen molar-refractivity contribution in [1.82, 2.24) is 5.32 Å². The SMILES string of the molecule is [2H]C([2H])([2H])[C@H](NC(Cc1ccccc1)C(=O)O)C(=O)OCC. The zero-order valence-electron chi connectivity index (χ0n) is 13.6. The number of ether oxygens (including phenoxy) is 1. The Morgan fingerprint density at radius 2 is 2.11 bits per heavy atom. The van der Waals surface area contributed by atoms with Gasteiger partial charge in [-0.3, -0.25) is 14.9 Å². The van der Waals surface area contributed by atoms with Crippen molar-refractivity contribution in [3.63, 3.8) is 0 Å². The fourth-order valence-corrected chi connectivity index (χ4v) is 1.56. The summed E-state index contributed by atoms with van der Waals surface area (Å²) in [5.74, 6) is -2.22. The van der Waals surface area contributed by atoms with Gasteiger partial charge in [0.2, 0.25) is 0 Å². The van der Waals surface area contributed by atoms with Crippen molar-refractivity contribution in [1.29, 1.82) is 0 Å². The van der Waals surface area contributed by atoms with Crippen LogP contribution in [0.25, 0.3) is 0 Å². The van der Waals surface area contributed by atoms with E-state index in [0.29, 0.717) is 0 Å². The van der Waals surface area contributed by atoms with Gasteiger partial charge in [-0.1, -0.05) is 30.3 Å². The lowest BCUT2D eigenvalue weighted by Gasteiger charge is -2.19. The number of carbonyl (C=O) groups is 2. The quantitative estimate of drug-likeness (QED) is 0.727. The van der Waals surface area contributed by atoms with E-state index in [-0.39, 0.29) is 13.0 Å². The van der Waals surface area contributed by atoms with Crippen LogP contribution in [-0.4, -0.2) is 35.7 Å². The Morgan fingerprint density at radius 1 is 1.42 bits per heavy atom. The zero-order valence-corrected chi connectivity index (χ0v) is 10.6. The number of hydrogen-bond acceptors (Lipinski definition) is 4. The predicted molar refractivity (Wildman–Crippen MR) is 70.8 cm³/mol. The van der Waals surface area contributed by atoms with E-state index in [0.717, 1.165) is 5.56 Å². The first-order valence-electron chi connectivity index (χ1n) is 7.45. The second-order valence-electron chi connectivity index (χ2n) is 3.93. The molecule has 0 aliphatic heterocycles. The van der Waals surface area contributed by atoms with Crippen LogP contribution in [0, 0.1) is 0 Å². The second-order valence-corrected chi connectivity index (χ2v) is 3.93. The van der Waals surface area contributed by atoms with Crippen molar-refractivity contribution in [3.05, 3.63) is 35.9 Å². The summed E-state index contributed by atoms with van der Waals surface area (Å²) >= 11 is 0. The topological polar surface area (TPSA) is 75.6 Å². The van der Waals surface area contributed by atoms with Crippen LogP contribution in [0.5, 0.6) is 0 Å². The summed E-state index contributed by atoms with van der Waals surface area (Å²) in [7, 11) is 0. The van der Waals surface area contributed by atoms with E-state index in [1.54, 1.807) is 37.3 Å². The van der Waals surface area contributed by atoms with Crippen molar-refractivity contribution in [2.75, 3.05) is 6.61 Å². The lowest BCUT2D eigenvalue weighted by molar-refractivity contribution is -0.146. The van der Waals surface area contributed by atoms with E-state index in [9.17, 15) is 14.7 Å². The normalized spacial score (nSPS) is 16.6. The minimum atomic E-state index is -2.70. The molecular weight excluding hydrogens is 246 g/mol. The maximum atomic E-state index is 11.8. The molecule has 1 rings (SSSR count). The summed E-state index contributed by atoms with van der Waals surface area (Å²) in [5, 5.41) is 11.7. The molecule has 1 aromatic rings. The van der Waals surface area contributed by atoms with Crippen LogP contribution in [0.15, 0.2) is 30.3 Å². The number of hydrogen-bond donors (Lipinski definition) is 2. The maximum Gasteiger partial charge on any atom is 0.322 e. The Bertz CT molecular complexity index is 505. The Hall–Kier alpha value is -1.88. The molecule has 1 unspecified atom stereocenters. The van der Waals surface area contributed by atoms with Crippen LogP contribution in [0.2, 0.25) is 0 Å². The van der Waals surface area contributed by atoms with Gasteiger partial charge in [-0.15, -0.1) is 0 Å². The van der Waals surface area contributed by atoms with Crippen LogP contribution < -0.4 is 5.32 Å². The summed E-state index contributed by atoms with van der Waals surface area (Å²) in [6, 6.07) is 5.85. The van der Waals surface area contributed by atoms with Crippen LogP contribution in [0.3, 0.4) is 0 Å². The first-order chi connectivity index (χ1) is 10.3. The average Bonchev–Trinajstić information content (AvgIpc) is 2.43. The molecule has 0 aliphatic carbocycles. The highest BCUT2D eigenvalue weighted by Crippen LogP contribution is 2.04. The highest BCUT2D eigenvalue weighted by Gasteiger charge is 2.23. The van der Waals surface area contributed by atoms with E-state index >= 15 is 0 Å². The van der Waals surface area contributed by atoms with Gasteiger partial charge in [-0.2, -0.15) is 0 Å². The Labute approximate surface area is 116 Å². The number of esters is 1. The molecule has 0 aromatic heterocycles. The summed E-state index contributed by atoms with van der Waals surface area (Å²) in [4.78, 5) is 23.1. The molecular formula is C14H19NO4. The first-order valence-corrected chi connectivity index (χ1v) is 5.95. The largest absolute Gasteiger partial charge is 0.480 e. The summed E-state index contributed by atoms with van der Waals surface area (Å²) in [5.41, 5.74) is 0.718. The molecule has 1 aromatic carbocycles. The van der Waals surface area contributed by atoms with Gasteiger partial charge in [0.15, 0.2) is 0 Å². The molecule has 0 radical (unpaired) electrons. The maximum absolute atomic E-state index is 11.8. The molecule has 0 saturated carbocycles. The van der Waals surface area contributed by atoms with Crippen LogP contribution in [0.1, 0.15) is 23.5 Å². The zero-order chi connectivity index (χ0) is 16.8. The minimum absolute atomic E-state index is 0.0174. The van der Waals surface area contributed by atoms with E-state index in [4.69, 9.17) is 8.85 Å². The van der Waals surface area contributed by atoms with Crippen LogP contribution in [-0.2, 0) is 20.7 Å². The molecule has 2 atom stereocenters. The Morgan fingerprint density at radius 3 is 2.63 bits per heavy atom. The van der Waals surface area contributed by atoms with E-state index in [2.05, 4.69) is 5.32 Å². The molecule has 5 nitrogen and oxygen atoms in total. The third-order valence-electron chi connectivity index (χ3n) is 2.47. The standard InChI is InChI=1S/C14H19NO4/c1-3-19-14(18)10(2)15-12(13(16)17)9-11-7-5-4-6-8-11/h4-8,10,12,15H,3,9H2,1-2H3,(H,16,17)/t10-,12?/m0/s1/i2D3. The average molecular weight is 268 g/mol. The van der Waals surface area contributed by atoms with Gasteiger partial charge in [-0.25, -0.2) is 0 Å². The lowest BCUT2D eigenvalue weighted by Crippen LogP contribution is -2.47. The molecule has 0 bridgehead atoms. The van der Waals surface area contributed by atoms with Crippen molar-refractivity contribution >= 4 is 11.9 Å². The number of benzene rings is 1. The molecule has 0 amide bonds. The highest BCUT2D eigenvalue weighted by atomic mass is 16.5. The van der Waals surface area contributed by atoms with E-state index in [1.165, 1.54) is 0 Å². The minimum Gasteiger partial charge on any atom is -0.480 e. The molecule has 104 valence electrons. The van der Waals surface area contributed by atoms with Gasteiger partial charge in [0, 0.05) is 4.11 Å². The number of aliphatic carboxylic acids is 1. The Balaban J connectivity index is 2.90. The van der Waals surface area contributed by atoms with Crippen LogP contribution in [0.4, 0.5) is 0 Å². The molecule has 0 aliphatic rings. The number of carbonyl (C=O) groups excluding carboxylic acids is 1. The van der Waals surface area contributed by atoms with Crippen molar-refractivity contribution in [2.24, 2.45) is 0 Å². The van der Waals surface area contributed by atoms with Gasteiger partial charge in [-0.05, 0) is 25.8 Å². The van der Waals surface area contributed by atoms with Gasteiger partial charge in [0.1, 0.15) is 12.1 Å². The second kappa shape index (κ2) is 7.53. The molecule has 2 N–H and O–H groups in total. The van der Waals surface area contributed by atoms with Gasteiger partial charge >= 0.3 is 11.9 Å². The third kappa shape index (κ3) is 5.09. The highest BCUT2D eigenvalue weighted by molar-refractivity contribution is 5.78. The van der Waals surface area contributed by atoms with Crippen LogP contribution >= 0.6 is 0 Å². The molecule has 0 heterocycles. The predicted octanol–water partition coefficient (Wildman–Crippen LogP) is 1.22. The fraction of sp³-hybridized carbons (Fsp3) is 0.429. The molecule has 0 fully saturated rings. The van der Waals surface area contributed by atoms with Crippen molar-refractivity contribution < 1.29 is 23.5 Å². The first kappa shape index (κ1) is 11.0. The molecule has 19 heavy (non-hydrogen) atoms. The number of carboxylic acid groups (broad SMARTS) is 1. The van der Waals surface area contributed by atoms with Gasteiger partial charge in [0.25, 0.3) is 0 Å². The molecule has 0 saturated heterocycles. The summed E-state index contributed by atoms with van der Waals surface area (Å²) in [6.45, 7) is -1.13. The van der Waals surface area contributed by atoms with Crippen molar-refractivity contribution in [2.45, 2.75) is 32.3 Å². The number of nitrogens with one attached hydrogen (secondary N) is 1. The fourth-order valence-electron chi connectivity index (χ4n) is 1.56. The van der Waals surface area contributed by atoms with E-state index < -0.39 is 30.9 Å². The van der Waals surface area contributed by atoms with E-state index in [1.807, 2.05) is 0 Å². The van der Waals surface area contributed by atoms with Crippen molar-refractivity contribution in [3.8, 4) is 0 Å². The lowest BCUT2D eigenvalue weighted by atomic mass is 10.1.